The van der Waals surface area contributed by atoms with Gasteiger partial charge in [-0.05, 0) is 37.1 Å². The van der Waals surface area contributed by atoms with Crippen LogP contribution in [0, 0.1) is 0 Å². The van der Waals surface area contributed by atoms with Crippen molar-refractivity contribution in [2.45, 2.75) is 43.0 Å². The van der Waals surface area contributed by atoms with Crippen molar-refractivity contribution < 1.29 is 13.2 Å². The smallest absolute Gasteiger partial charge is 0.255 e. The molecule has 1 amide bonds. The highest BCUT2D eigenvalue weighted by Crippen LogP contribution is 2.30. The second-order valence-corrected chi connectivity index (χ2v) is 9.12. The molecule has 29 heavy (non-hydrogen) atoms. The minimum atomic E-state index is -3.65. The highest BCUT2D eigenvalue weighted by molar-refractivity contribution is 7.89. The topological polar surface area (TPSA) is 75.3 Å². The molecule has 0 radical (unpaired) electrons. The molecule has 0 heterocycles. The van der Waals surface area contributed by atoms with Crippen molar-refractivity contribution in [1.82, 2.24) is 4.72 Å². The predicted molar refractivity (Wildman–Crippen MR) is 116 cm³/mol. The van der Waals surface area contributed by atoms with Crippen LogP contribution in [0.15, 0.2) is 71.6 Å². The van der Waals surface area contributed by atoms with Crippen molar-refractivity contribution >= 4 is 32.4 Å². The molecule has 0 spiro atoms. The quantitative estimate of drug-likeness (QED) is 0.642. The Bertz CT molecular complexity index is 1120. The van der Waals surface area contributed by atoms with E-state index in [0.29, 0.717) is 22.0 Å². The molecule has 0 aliphatic heterocycles. The standard InChI is InChI=1S/C23H24N2O3S/c26-23(17-9-3-1-4-10-17)24-21-15-16-22(20-14-8-7-13-19(20)21)29(27,28)25-18-11-5-2-6-12-18/h1,3-4,7-10,13-16,18,25H,2,5-6,11-12H2,(H,24,26). The van der Waals surface area contributed by atoms with Gasteiger partial charge in [0, 0.05) is 28.1 Å². The molecule has 0 unspecified atom stereocenters. The van der Waals surface area contributed by atoms with Gasteiger partial charge in [0.05, 0.1) is 4.90 Å². The zero-order valence-electron chi connectivity index (χ0n) is 16.1. The van der Waals surface area contributed by atoms with Gasteiger partial charge in [-0.2, -0.15) is 0 Å². The summed E-state index contributed by atoms with van der Waals surface area (Å²) in [5.41, 5.74) is 1.14. The minimum Gasteiger partial charge on any atom is -0.321 e. The molecular weight excluding hydrogens is 384 g/mol. The van der Waals surface area contributed by atoms with Crippen LogP contribution in [0.3, 0.4) is 0 Å². The second-order valence-electron chi connectivity index (χ2n) is 7.43. The van der Waals surface area contributed by atoms with E-state index in [-0.39, 0.29) is 16.8 Å². The lowest BCUT2D eigenvalue weighted by Crippen LogP contribution is -2.36. The van der Waals surface area contributed by atoms with Crippen molar-refractivity contribution in [3.8, 4) is 0 Å². The molecule has 0 saturated heterocycles. The van der Waals surface area contributed by atoms with Crippen LogP contribution in [0.1, 0.15) is 42.5 Å². The molecule has 150 valence electrons. The first-order valence-electron chi connectivity index (χ1n) is 9.95. The Morgan fingerprint density at radius 3 is 2.17 bits per heavy atom. The molecule has 3 aromatic rings. The van der Waals surface area contributed by atoms with Crippen LogP contribution in [-0.2, 0) is 10.0 Å². The Balaban J connectivity index is 1.67. The summed E-state index contributed by atoms with van der Waals surface area (Å²) < 4.78 is 29.0. The first kappa shape index (κ1) is 19.6. The SMILES string of the molecule is O=C(Nc1ccc(S(=O)(=O)NC2CCCCC2)c2ccccc12)c1ccccc1. The lowest BCUT2D eigenvalue weighted by atomic mass is 9.96. The minimum absolute atomic E-state index is 0.00929. The first-order chi connectivity index (χ1) is 14.0. The molecule has 2 N–H and O–H groups in total. The van der Waals surface area contributed by atoms with E-state index in [0.717, 1.165) is 32.1 Å². The Labute approximate surface area is 171 Å². The van der Waals surface area contributed by atoms with E-state index in [4.69, 9.17) is 0 Å². The molecule has 1 aliphatic carbocycles. The summed E-state index contributed by atoms with van der Waals surface area (Å²) in [6, 6.07) is 19.4. The molecule has 0 bridgehead atoms. The van der Waals surface area contributed by atoms with E-state index in [1.165, 1.54) is 0 Å². The van der Waals surface area contributed by atoms with Crippen molar-refractivity contribution in [1.29, 1.82) is 0 Å². The summed E-state index contributed by atoms with van der Waals surface area (Å²) in [5, 5.41) is 4.20. The van der Waals surface area contributed by atoms with Crippen molar-refractivity contribution in [3.63, 3.8) is 0 Å². The number of anilines is 1. The van der Waals surface area contributed by atoms with Crippen LogP contribution < -0.4 is 10.0 Å². The van der Waals surface area contributed by atoms with Gasteiger partial charge in [0.2, 0.25) is 10.0 Å². The highest BCUT2D eigenvalue weighted by atomic mass is 32.2. The number of hydrogen-bond acceptors (Lipinski definition) is 3. The molecular formula is C23H24N2O3S. The van der Waals surface area contributed by atoms with Gasteiger partial charge in [0.25, 0.3) is 5.91 Å². The zero-order valence-corrected chi connectivity index (χ0v) is 16.9. The molecule has 1 saturated carbocycles. The van der Waals surface area contributed by atoms with Crippen LogP contribution in [0.4, 0.5) is 5.69 Å². The fourth-order valence-electron chi connectivity index (χ4n) is 3.90. The number of nitrogens with one attached hydrogen (secondary N) is 2. The summed E-state index contributed by atoms with van der Waals surface area (Å²) in [6.45, 7) is 0. The maximum atomic E-state index is 13.1. The maximum Gasteiger partial charge on any atom is 0.255 e. The molecule has 1 aliphatic rings. The zero-order chi connectivity index (χ0) is 20.3. The van der Waals surface area contributed by atoms with Crippen LogP contribution in [0.2, 0.25) is 0 Å². The summed E-state index contributed by atoms with van der Waals surface area (Å²) >= 11 is 0. The third kappa shape index (κ3) is 4.33. The summed E-state index contributed by atoms with van der Waals surface area (Å²) in [6.07, 6.45) is 5.03. The summed E-state index contributed by atoms with van der Waals surface area (Å²) in [4.78, 5) is 12.8. The molecule has 0 aromatic heterocycles. The van der Waals surface area contributed by atoms with E-state index >= 15 is 0 Å². The van der Waals surface area contributed by atoms with Gasteiger partial charge in [0.1, 0.15) is 0 Å². The van der Waals surface area contributed by atoms with Crippen molar-refractivity contribution in [3.05, 3.63) is 72.3 Å². The van der Waals surface area contributed by atoms with Gasteiger partial charge in [-0.1, -0.05) is 61.7 Å². The molecule has 1 fully saturated rings. The molecule has 3 aromatic carbocycles. The average Bonchev–Trinajstić information content (AvgIpc) is 2.75. The van der Waals surface area contributed by atoms with E-state index in [9.17, 15) is 13.2 Å². The Hall–Kier alpha value is -2.70. The van der Waals surface area contributed by atoms with Gasteiger partial charge in [0.15, 0.2) is 0 Å². The number of carbonyl (C=O) groups is 1. The average molecular weight is 409 g/mol. The molecule has 6 heteroatoms. The summed E-state index contributed by atoms with van der Waals surface area (Å²) in [5.74, 6) is -0.230. The lowest BCUT2D eigenvalue weighted by Gasteiger charge is -2.23. The van der Waals surface area contributed by atoms with Crippen molar-refractivity contribution in [2.24, 2.45) is 0 Å². The first-order valence-corrected chi connectivity index (χ1v) is 11.4. The van der Waals surface area contributed by atoms with Gasteiger partial charge in [-0.3, -0.25) is 4.79 Å². The van der Waals surface area contributed by atoms with E-state index in [1.54, 1.807) is 42.5 Å². The monoisotopic (exact) mass is 408 g/mol. The number of sulfonamides is 1. The molecule has 4 rings (SSSR count). The van der Waals surface area contributed by atoms with Gasteiger partial charge >= 0.3 is 0 Å². The normalized spacial score (nSPS) is 15.3. The lowest BCUT2D eigenvalue weighted by molar-refractivity contribution is 0.102. The number of carbonyl (C=O) groups excluding carboxylic acids is 1. The third-order valence-electron chi connectivity index (χ3n) is 5.38. The van der Waals surface area contributed by atoms with Crippen molar-refractivity contribution in [2.75, 3.05) is 5.32 Å². The van der Waals surface area contributed by atoms with E-state index in [2.05, 4.69) is 10.0 Å². The van der Waals surface area contributed by atoms with Gasteiger partial charge in [-0.15, -0.1) is 0 Å². The van der Waals surface area contributed by atoms with E-state index < -0.39 is 10.0 Å². The maximum absolute atomic E-state index is 13.1. The number of rotatable bonds is 5. The number of fused-ring (bicyclic) bond motifs is 1. The Morgan fingerprint density at radius 1 is 0.793 bits per heavy atom. The van der Waals surface area contributed by atoms with Gasteiger partial charge in [-0.25, -0.2) is 13.1 Å². The number of hydrogen-bond donors (Lipinski definition) is 2. The number of benzene rings is 3. The second kappa shape index (κ2) is 8.35. The fraction of sp³-hybridized carbons (Fsp3) is 0.261. The van der Waals surface area contributed by atoms with Crippen LogP contribution in [0.25, 0.3) is 10.8 Å². The fourth-order valence-corrected chi connectivity index (χ4v) is 5.42. The Kier molecular flexibility index (Phi) is 5.65. The van der Waals surface area contributed by atoms with Crippen LogP contribution in [0.5, 0.6) is 0 Å². The van der Waals surface area contributed by atoms with E-state index in [1.807, 2.05) is 24.3 Å². The third-order valence-corrected chi connectivity index (χ3v) is 6.96. The Morgan fingerprint density at radius 2 is 1.45 bits per heavy atom. The van der Waals surface area contributed by atoms with Crippen LogP contribution >= 0.6 is 0 Å². The molecule has 5 nitrogen and oxygen atoms in total. The van der Waals surface area contributed by atoms with Gasteiger partial charge < -0.3 is 5.32 Å². The van der Waals surface area contributed by atoms with Crippen LogP contribution in [-0.4, -0.2) is 20.4 Å². The predicted octanol–water partition coefficient (Wildman–Crippen LogP) is 4.70. The highest BCUT2D eigenvalue weighted by Gasteiger charge is 2.24. The summed E-state index contributed by atoms with van der Waals surface area (Å²) in [7, 11) is -3.65. The molecule has 0 atom stereocenters. The number of amides is 1. The largest absolute Gasteiger partial charge is 0.321 e.